The Kier molecular flexibility index (Phi) is 13.9. The summed E-state index contributed by atoms with van der Waals surface area (Å²) in [7, 11) is -4.12. The lowest BCUT2D eigenvalue weighted by Gasteiger charge is -2.27. The molecule has 0 spiro atoms. The molecule has 1 aromatic heterocycles. The fourth-order valence-corrected chi connectivity index (χ4v) is 4.35. The van der Waals surface area contributed by atoms with Crippen molar-refractivity contribution in [3.8, 4) is 0 Å². The van der Waals surface area contributed by atoms with Gasteiger partial charge in [0.1, 0.15) is 0 Å². The SMILES string of the molecule is NS(=O)(=O)c1nnc(NC(=O)CNC(=O)CN(CCN(CCN(CC(=O)O)CC(=O)O)CC(=O)O)CC(=O)O)s1. The molecule has 22 heteroatoms. The third kappa shape index (κ3) is 14.9. The van der Waals surface area contributed by atoms with Gasteiger partial charge in [-0.05, 0) is 0 Å². The van der Waals surface area contributed by atoms with Crippen molar-refractivity contribution in [1.29, 1.82) is 0 Å². The van der Waals surface area contributed by atoms with Crippen LogP contribution in [0, 0.1) is 0 Å². The second-order valence-corrected chi connectivity index (χ2v) is 10.7. The first kappa shape index (κ1) is 34.2. The summed E-state index contributed by atoms with van der Waals surface area (Å²) in [5.74, 6) is -6.67. The van der Waals surface area contributed by atoms with Crippen molar-refractivity contribution in [1.82, 2.24) is 30.2 Å². The number of nitrogens with zero attached hydrogens (tertiary/aromatic N) is 5. The Hall–Kier alpha value is -3.83. The summed E-state index contributed by atoms with van der Waals surface area (Å²) < 4.78 is 21.9. The number of carboxylic acid groups (broad SMARTS) is 4. The zero-order valence-electron chi connectivity index (χ0n) is 20.8. The van der Waals surface area contributed by atoms with E-state index in [1.165, 1.54) is 4.90 Å². The van der Waals surface area contributed by atoms with E-state index in [2.05, 4.69) is 20.8 Å². The van der Waals surface area contributed by atoms with E-state index in [1.54, 1.807) is 0 Å². The smallest absolute Gasteiger partial charge is 0.317 e. The summed E-state index contributed by atoms with van der Waals surface area (Å²) in [5, 5.41) is 52.1. The molecular formula is C18H28N8O12S2. The van der Waals surface area contributed by atoms with Crippen LogP contribution in [0.3, 0.4) is 0 Å². The van der Waals surface area contributed by atoms with Crippen LogP contribution < -0.4 is 15.8 Å². The number of hydrogen-bond acceptors (Lipinski definition) is 14. The van der Waals surface area contributed by atoms with Crippen LogP contribution in [0.5, 0.6) is 0 Å². The normalized spacial score (nSPS) is 11.5. The highest BCUT2D eigenvalue weighted by Crippen LogP contribution is 2.18. The van der Waals surface area contributed by atoms with Crippen molar-refractivity contribution in [3.63, 3.8) is 0 Å². The molecule has 0 saturated carbocycles. The largest absolute Gasteiger partial charge is 0.480 e. The minimum Gasteiger partial charge on any atom is -0.480 e. The third-order valence-corrected chi connectivity index (χ3v) is 6.76. The minimum atomic E-state index is -4.12. The van der Waals surface area contributed by atoms with Gasteiger partial charge in [0.05, 0.1) is 39.3 Å². The van der Waals surface area contributed by atoms with Gasteiger partial charge in [0.15, 0.2) is 0 Å². The number of carbonyl (C=O) groups excluding carboxylic acids is 2. The average molecular weight is 613 g/mol. The van der Waals surface area contributed by atoms with Gasteiger partial charge in [-0.3, -0.25) is 48.8 Å². The minimum absolute atomic E-state index is 0.0705. The van der Waals surface area contributed by atoms with Gasteiger partial charge >= 0.3 is 23.9 Å². The molecule has 2 amide bonds. The molecule has 0 fully saturated rings. The first-order valence-electron chi connectivity index (χ1n) is 11.0. The van der Waals surface area contributed by atoms with E-state index in [0.717, 1.165) is 9.80 Å². The van der Waals surface area contributed by atoms with E-state index >= 15 is 0 Å². The Labute approximate surface area is 230 Å². The monoisotopic (exact) mass is 612 g/mol. The van der Waals surface area contributed by atoms with E-state index in [-0.39, 0.29) is 31.3 Å². The number of carboxylic acids is 4. The number of rotatable bonds is 20. The quantitative estimate of drug-likeness (QED) is 0.0682. The summed E-state index contributed by atoms with van der Waals surface area (Å²) in [6.45, 7) is -3.82. The molecule has 1 aromatic rings. The van der Waals surface area contributed by atoms with Gasteiger partial charge in [0.2, 0.25) is 21.3 Å². The van der Waals surface area contributed by atoms with Gasteiger partial charge in [-0.25, -0.2) is 13.6 Å². The van der Waals surface area contributed by atoms with Gasteiger partial charge in [-0.1, -0.05) is 11.3 Å². The Morgan fingerprint density at radius 2 is 1.12 bits per heavy atom. The summed E-state index contributed by atoms with van der Waals surface area (Å²) in [6, 6.07) is 0. The summed E-state index contributed by atoms with van der Waals surface area (Å²) >= 11 is 0.484. The highest BCUT2D eigenvalue weighted by atomic mass is 32.2. The molecule has 8 N–H and O–H groups in total. The van der Waals surface area contributed by atoms with Crippen molar-refractivity contribution >= 4 is 62.2 Å². The van der Waals surface area contributed by atoms with E-state index < -0.39 is 89.3 Å². The highest BCUT2D eigenvalue weighted by Gasteiger charge is 2.20. The fourth-order valence-electron chi connectivity index (χ4n) is 3.01. The number of amides is 2. The van der Waals surface area contributed by atoms with Crippen molar-refractivity contribution in [2.75, 3.05) is 70.8 Å². The molecule has 0 atom stereocenters. The first-order chi connectivity index (χ1) is 18.5. The maximum atomic E-state index is 12.3. The van der Waals surface area contributed by atoms with E-state index in [4.69, 9.17) is 25.6 Å². The first-order valence-corrected chi connectivity index (χ1v) is 13.4. The molecule has 0 aliphatic carbocycles. The number of aromatic nitrogens is 2. The van der Waals surface area contributed by atoms with Gasteiger partial charge in [0, 0.05) is 26.2 Å². The van der Waals surface area contributed by atoms with E-state index in [0.29, 0.717) is 11.3 Å². The summed E-state index contributed by atoms with van der Waals surface area (Å²) in [5.41, 5.74) is 0. The summed E-state index contributed by atoms with van der Waals surface area (Å²) in [6.07, 6.45) is 0. The molecule has 1 rings (SSSR count). The number of hydrogen-bond donors (Lipinski definition) is 7. The number of sulfonamides is 1. The Bertz CT molecular complexity index is 1180. The van der Waals surface area contributed by atoms with Gasteiger partial charge in [-0.15, -0.1) is 10.2 Å². The maximum Gasteiger partial charge on any atom is 0.317 e. The van der Waals surface area contributed by atoms with Gasteiger partial charge in [0.25, 0.3) is 10.0 Å². The van der Waals surface area contributed by atoms with Crippen LogP contribution in [0.15, 0.2) is 4.34 Å². The molecule has 224 valence electrons. The second-order valence-electron chi connectivity index (χ2n) is 8.02. The summed E-state index contributed by atoms with van der Waals surface area (Å²) in [4.78, 5) is 72.3. The number of nitrogens with two attached hydrogens (primary N) is 1. The Balaban J connectivity index is 2.69. The molecule has 0 bridgehead atoms. The molecule has 0 aromatic carbocycles. The molecule has 0 unspecified atom stereocenters. The fraction of sp³-hybridized carbons (Fsp3) is 0.556. The van der Waals surface area contributed by atoms with Crippen LogP contribution in [-0.4, -0.2) is 155 Å². The number of nitrogens with one attached hydrogen (secondary N) is 2. The molecular weight excluding hydrogens is 584 g/mol. The predicted octanol–water partition coefficient (Wildman–Crippen LogP) is -4.52. The van der Waals surface area contributed by atoms with Gasteiger partial charge < -0.3 is 25.7 Å². The molecule has 0 saturated heterocycles. The molecule has 40 heavy (non-hydrogen) atoms. The zero-order valence-corrected chi connectivity index (χ0v) is 22.4. The van der Waals surface area contributed by atoms with Crippen molar-refractivity contribution in [3.05, 3.63) is 0 Å². The average Bonchev–Trinajstić information content (AvgIpc) is 3.27. The number of aliphatic carboxylic acids is 4. The van der Waals surface area contributed by atoms with Crippen LogP contribution >= 0.6 is 11.3 Å². The van der Waals surface area contributed by atoms with Crippen molar-refractivity contribution in [2.45, 2.75) is 4.34 Å². The molecule has 0 aliphatic heterocycles. The highest BCUT2D eigenvalue weighted by molar-refractivity contribution is 7.91. The van der Waals surface area contributed by atoms with Crippen molar-refractivity contribution in [2.24, 2.45) is 5.14 Å². The van der Waals surface area contributed by atoms with E-state index in [9.17, 15) is 37.2 Å². The van der Waals surface area contributed by atoms with Crippen LogP contribution in [0.1, 0.15) is 0 Å². The lowest BCUT2D eigenvalue weighted by molar-refractivity contribution is -0.143. The van der Waals surface area contributed by atoms with E-state index in [1.807, 2.05) is 0 Å². The molecule has 1 heterocycles. The number of primary sulfonamides is 1. The lowest BCUT2D eigenvalue weighted by atomic mass is 10.3. The topological polar surface area (TPSA) is 303 Å². The standard InChI is InChI=1S/C18H28N8O12S2/c19-40(37,38)18-23-22-17(39-18)21-11(27)5-20-12(28)6-25(8-14(31)32)3-1-24(7-13(29)30)2-4-26(9-15(33)34)10-16(35)36/h1-10H2,(H,20,28)(H,29,30)(H,31,32)(H,33,34)(H,35,36)(H2,19,37,38)(H,21,22,27). The number of anilines is 1. The van der Waals surface area contributed by atoms with Crippen LogP contribution in [0.2, 0.25) is 0 Å². The molecule has 20 nitrogen and oxygen atoms in total. The third-order valence-electron chi connectivity index (χ3n) is 4.61. The predicted molar refractivity (Wildman–Crippen MR) is 133 cm³/mol. The van der Waals surface area contributed by atoms with Crippen LogP contribution in [0.4, 0.5) is 5.13 Å². The Morgan fingerprint density at radius 1 is 0.700 bits per heavy atom. The van der Waals surface area contributed by atoms with Crippen LogP contribution in [0.25, 0.3) is 0 Å². The second kappa shape index (κ2) is 16.3. The van der Waals surface area contributed by atoms with Crippen LogP contribution in [-0.2, 0) is 38.8 Å². The lowest BCUT2D eigenvalue weighted by Crippen LogP contribution is -2.47. The van der Waals surface area contributed by atoms with Gasteiger partial charge in [-0.2, -0.15) is 0 Å². The van der Waals surface area contributed by atoms with Crippen molar-refractivity contribution < 1.29 is 57.6 Å². The Morgan fingerprint density at radius 3 is 1.55 bits per heavy atom. The molecule has 0 aliphatic rings. The maximum absolute atomic E-state index is 12.3. The zero-order chi connectivity index (χ0) is 30.5. The molecule has 0 radical (unpaired) electrons. The number of carbonyl (C=O) groups is 6.